The van der Waals surface area contributed by atoms with Crippen LogP contribution in [0.2, 0.25) is 0 Å². The van der Waals surface area contributed by atoms with E-state index in [1.165, 1.54) is 10.4 Å². The highest BCUT2D eigenvalue weighted by molar-refractivity contribution is 7.11. The Morgan fingerprint density at radius 2 is 2.05 bits per heavy atom. The van der Waals surface area contributed by atoms with Crippen LogP contribution in [0.1, 0.15) is 21.0 Å². The largest absolute Gasteiger partial charge is 0.496 e. The summed E-state index contributed by atoms with van der Waals surface area (Å²) in [5, 5.41) is 7.66. The van der Waals surface area contributed by atoms with E-state index in [2.05, 4.69) is 39.7 Å². The molecule has 0 aliphatic rings. The summed E-state index contributed by atoms with van der Waals surface area (Å²) in [5.41, 5.74) is 2.29. The smallest absolute Gasteiger partial charge is 0.191 e. The monoisotopic (exact) mass is 318 g/mol. The molecule has 118 valence electrons. The van der Waals surface area contributed by atoms with Crippen molar-refractivity contribution in [2.45, 2.75) is 26.9 Å². The zero-order valence-corrected chi connectivity index (χ0v) is 14.3. The molecule has 5 nitrogen and oxygen atoms in total. The van der Waals surface area contributed by atoms with Crippen molar-refractivity contribution in [2.75, 3.05) is 14.2 Å². The zero-order chi connectivity index (χ0) is 15.9. The number of benzene rings is 1. The fourth-order valence-electron chi connectivity index (χ4n) is 2.06. The minimum atomic E-state index is 0.658. The minimum Gasteiger partial charge on any atom is -0.496 e. The predicted molar refractivity (Wildman–Crippen MR) is 91.6 cm³/mol. The van der Waals surface area contributed by atoms with E-state index in [0.717, 1.165) is 28.8 Å². The van der Waals surface area contributed by atoms with Crippen molar-refractivity contribution in [3.8, 4) is 5.75 Å². The highest BCUT2D eigenvalue weighted by Crippen LogP contribution is 2.19. The minimum absolute atomic E-state index is 0.658. The van der Waals surface area contributed by atoms with Crippen LogP contribution in [0.15, 0.2) is 29.4 Å². The van der Waals surface area contributed by atoms with Crippen molar-refractivity contribution in [2.24, 2.45) is 4.99 Å². The van der Waals surface area contributed by atoms with Gasteiger partial charge in [-0.05, 0) is 25.5 Å². The van der Waals surface area contributed by atoms with Crippen LogP contribution >= 0.6 is 11.3 Å². The Kier molecular flexibility index (Phi) is 5.77. The first-order chi connectivity index (χ1) is 10.6. The summed E-state index contributed by atoms with van der Waals surface area (Å²) in [6, 6.07) is 6.18. The Hall–Kier alpha value is -2.08. The summed E-state index contributed by atoms with van der Waals surface area (Å²) < 4.78 is 5.42. The van der Waals surface area contributed by atoms with E-state index in [1.807, 2.05) is 19.2 Å². The molecule has 0 atom stereocenters. The van der Waals surface area contributed by atoms with Crippen LogP contribution in [0.25, 0.3) is 0 Å². The zero-order valence-electron chi connectivity index (χ0n) is 13.4. The number of nitrogens with zero attached hydrogens (tertiary/aromatic N) is 2. The summed E-state index contributed by atoms with van der Waals surface area (Å²) in [6.45, 7) is 5.43. The van der Waals surface area contributed by atoms with E-state index in [9.17, 15) is 0 Å². The summed E-state index contributed by atoms with van der Waals surface area (Å²) >= 11 is 1.69. The lowest BCUT2D eigenvalue weighted by atomic mass is 10.1. The van der Waals surface area contributed by atoms with Gasteiger partial charge in [-0.15, -0.1) is 11.3 Å². The maximum Gasteiger partial charge on any atom is 0.191 e. The first-order valence-corrected chi connectivity index (χ1v) is 7.93. The molecule has 0 spiro atoms. The lowest BCUT2D eigenvalue weighted by Gasteiger charge is -2.13. The Balaban J connectivity index is 1.91. The molecule has 0 bridgehead atoms. The van der Waals surface area contributed by atoms with Crippen LogP contribution in [0, 0.1) is 13.8 Å². The Morgan fingerprint density at radius 3 is 2.68 bits per heavy atom. The Bertz CT molecular complexity index is 651. The van der Waals surface area contributed by atoms with E-state index >= 15 is 0 Å². The predicted octanol–water partition coefficient (Wildman–Crippen LogP) is 2.63. The van der Waals surface area contributed by atoms with Crippen LogP contribution in [-0.2, 0) is 13.1 Å². The molecule has 0 unspecified atom stereocenters. The van der Waals surface area contributed by atoms with Gasteiger partial charge in [0, 0.05) is 30.2 Å². The van der Waals surface area contributed by atoms with Crippen molar-refractivity contribution >= 4 is 17.3 Å². The number of ether oxygens (including phenoxy) is 1. The fraction of sp³-hybridized carbons (Fsp3) is 0.375. The number of nitrogens with one attached hydrogen (secondary N) is 2. The summed E-state index contributed by atoms with van der Waals surface area (Å²) in [5.74, 6) is 1.65. The van der Waals surface area contributed by atoms with E-state index in [1.54, 1.807) is 25.5 Å². The van der Waals surface area contributed by atoms with Crippen LogP contribution in [-0.4, -0.2) is 25.1 Å². The molecule has 2 rings (SSSR count). The maximum absolute atomic E-state index is 5.42. The van der Waals surface area contributed by atoms with Crippen molar-refractivity contribution in [1.29, 1.82) is 0 Å². The Morgan fingerprint density at radius 1 is 1.27 bits per heavy atom. The summed E-state index contributed by atoms with van der Waals surface area (Å²) in [7, 11) is 3.46. The molecule has 0 saturated carbocycles. The lowest BCUT2D eigenvalue weighted by molar-refractivity contribution is 0.408. The molecule has 0 saturated heterocycles. The first kappa shape index (κ1) is 16.3. The van der Waals surface area contributed by atoms with Gasteiger partial charge in [0.25, 0.3) is 0 Å². The third kappa shape index (κ3) is 4.46. The highest BCUT2D eigenvalue weighted by atomic mass is 32.1. The van der Waals surface area contributed by atoms with Gasteiger partial charge in [0.1, 0.15) is 5.75 Å². The van der Waals surface area contributed by atoms with Gasteiger partial charge in [-0.3, -0.25) is 4.99 Å². The second-order valence-electron chi connectivity index (χ2n) is 4.94. The standard InChI is InChI=1S/C16H22N4OS/c1-11-5-6-13(15(7-11)21-4)8-19-16(17-3)20-10-14-9-18-12(2)22-14/h5-7,9H,8,10H2,1-4H3,(H2,17,19,20). The number of methoxy groups -OCH3 is 1. The number of rotatable bonds is 5. The van der Waals surface area contributed by atoms with Gasteiger partial charge in [0.15, 0.2) is 5.96 Å². The third-order valence-corrected chi connectivity index (χ3v) is 4.12. The number of guanidine groups is 1. The molecule has 0 aliphatic heterocycles. The number of aromatic nitrogens is 1. The van der Waals surface area contributed by atoms with E-state index in [4.69, 9.17) is 4.74 Å². The molecule has 0 aliphatic carbocycles. The maximum atomic E-state index is 5.42. The summed E-state index contributed by atoms with van der Waals surface area (Å²) in [6.07, 6.45) is 1.89. The number of hydrogen-bond acceptors (Lipinski definition) is 4. The first-order valence-electron chi connectivity index (χ1n) is 7.11. The molecule has 0 fully saturated rings. The van der Waals surface area contributed by atoms with Crippen LogP contribution in [0.3, 0.4) is 0 Å². The van der Waals surface area contributed by atoms with Gasteiger partial charge in [-0.1, -0.05) is 12.1 Å². The van der Waals surface area contributed by atoms with E-state index in [-0.39, 0.29) is 0 Å². The van der Waals surface area contributed by atoms with Crippen molar-refractivity contribution in [3.63, 3.8) is 0 Å². The summed E-state index contributed by atoms with van der Waals surface area (Å²) in [4.78, 5) is 9.67. The molecule has 2 N–H and O–H groups in total. The number of aryl methyl sites for hydroxylation is 2. The Labute approximate surface area is 135 Å². The number of aliphatic imine (C=N–C) groups is 1. The van der Waals surface area contributed by atoms with Gasteiger partial charge in [-0.2, -0.15) is 0 Å². The molecular formula is C16H22N4OS. The van der Waals surface area contributed by atoms with Crippen LogP contribution < -0.4 is 15.4 Å². The van der Waals surface area contributed by atoms with Gasteiger partial charge >= 0.3 is 0 Å². The van der Waals surface area contributed by atoms with Crippen molar-refractivity contribution < 1.29 is 4.74 Å². The highest BCUT2D eigenvalue weighted by Gasteiger charge is 2.05. The quantitative estimate of drug-likeness (QED) is 0.657. The fourth-order valence-corrected chi connectivity index (χ4v) is 2.79. The van der Waals surface area contributed by atoms with Gasteiger partial charge in [0.05, 0.1) is 18.7 Å². The molecular weight excluding hydrogens is 296 g/mol. The van der Waals surface area contributed by atoms with Crippen molar-refractivity contribution in [3.05, 3.63) is 45.4 Å². The SMILES string of the molecule is CN=C(NCc1cnc(C)s1)NCc1ccc(C)cc1OC. The van der Waals surface area contributed by atoms with E-state index < -0.39 is 0 Å². The van der Waals surface area contributed by atoms with Gasteiger partial charge < -0.3 is 15.4 Å². The molecule has 6 heteroatoms. The molecule has 2 aromatic rings. The van der Waals surface area contributed by atoms with Gasteiger partial charge in [-0.25, -0.2) is 4.98 Å². The average molecular weight is 318 g/mol. The normalized spacial score (nSPS) is 11.4. The molecule has 0 amide bonds. The topological polar surface area (TPSA) is 58.5 Å². The molecule has 1 aromatic heterocycles. The second-order valence-corrected chi connectivity index (χ2v) is 6.26. The number of hydrogen-bond donors (Lipinski definition) is 2. The molecule has 1 heterocycles. The third-order valence-electron chi connectivity index (χ3n) is 3.21. The molecule has 22 heavy (non-hydrogen) atoms. The van der Waals surface area contributed by atoms with Crippen LogP contribution in [0.4, 0.5) is 0 Å². The average Bonchev–Trinajstić information content (AvgIpc) is 2.94. The van der Waals surface area contributed by atoms with Crippen molar-refractivity contribution in [1.82, 2.24) is 15.6 Å². The lowest BCUT2D eigenvalue weighted by Crippen LogP contribution is -2.36. The number of thiazole rings is 1. The van der Waals surface area contributed by atoms with Gasteiger partial charge in [0.2, 0.25) is 0 Å². The molecule has 1 aromatic carbocycles. The van der Waals surface area contributed by atoms with E-state index in [0.29, 0.717) is 6.54 Å². The van der Waals surface area contributed by atoms with Crippen LogP contribution in [0.5, 0.6) is 5.75 Å². The molecule has 0 radical (unpaired) electrons. The second kappa shape index (κ2) is 7.79.